The van der Waals surface area contributed by atoms with Crippen molar-refractivity contribution >= 4 is 11.6 Å². The fraction of sp³-hybridized carbons (Fsp3) is 0.214. The molecule has 0 aromatic carbocycles. The summed E-state index contributed by atoms with van der Waals surface area (Å²) in [6.07, 6.45) is 6.20. The number of hydrogen-bond donors (Lipinski definition) is 2. The molecule has 25 heavy (non-hydrogen) atoms. The highest BCUT2D eigenvalue weighted by Gasteiger charge is 2.15. The van der Waals surface area contributed by atoms with Crippen molar-refractivity contribution in [3.8, 4) is 5.82 Å². The van der Waals surface area contributed by atoms with E-state index in [1.165, 1.54) is 17.2 Å². The van der Waals surface area contributed by atoms with Gasteiger partial charge in [0.1, 0.15) is 17.7 Å². The zero-order valence-corrected chi connectivity index (χ0v) is 13.1. The van der Waals surface area contributed by atoms with Gasteiger partial charge in [0.25, 0.3) is 5.91 Å². The van der Waals surface area contributed by atoms with Gasteiger partial charge in [0.15, 0.2) is 11.5 Å². The molecule has 0 unspecified atom stereocenters. The quantitative estimate of drug-likeness (QED) is 0.465. The van der Waals surface area contributed by atoms with E-state index in [1.807, 2.05) is 28.8 Å². The van der Waals surface area contributed by atoms with E-state index >= 15 is 0 Å². The van der Waals surface area contributed by atoms with Crippen LogP contribution in [0.4, 0.5) is 0 Å². The van der Waals surface area contributed by atoms with Crippen molar-refractivity contribution in [2.75, 3.05) is 6.54 Å². The van der Waals surface area contributed by atoms with E-state index in [9.17, 15) is 4.79 Å². The van der Waals surface area contributed by atoms with Crippen molar-refractivity contribution in [2.45, 2.75) is 12.8 Å². The zero-order chi connectivity index (χ0) is 17.1. The van der Waals surface area contributed by atoms with Gasteiger partial charge in [-0.2, -0.15) is 9.78 Å². The van der Waals surface area contributed by atoms with E-state index in [4.69, 9.17) is 0 Å². The third-order valence-corrected chi connectivity index (χ3v) is 3.69. The number of hydrogen-bond acceptors (Lipinski definition) is 7. The second-order valence-electron chi connectivity index (χ2n) is 5.29. The van der Waals surface area contributed by atoms with Gasteiger partial charge in [0, 0.05) is 19.2 Å². The van der Waals surface area contributed by atoms with E-state index in [-0.39, 0.29) is 5.91 Å². The molecule has 0 fully saturated rings. The smallest absolute Gasteiger partial charge is 0.256 e. The molecule has 0 spiro atoms. The summed E-state index contributed by atoms with van der Waals surface area (Å²) in [6.45, 7) is 0.501. The summed E-state index contributed by atoms with van der Waals surface area (Å²) in [4.78, 5) is 12.3. The first-order chi connectivity index (χ1) is 12.3. The first-order valence-corrected chi connectivity index (χ1v) is 7.66. The maximum atomic E-state index is 12.3. The van der Waals surface area contributed by atoms with Crippen LogP contribution in [0.25, 0.3) is 11.5 Å². The Labute approximate surface area is 141 Å². The van der Waals surface area contributed by atoms with Gasteiger partial charge in [-0.05, 0) is 29.0 Å². The maximum absolute atomic E-state index is 12.3. The fourth-order valence-corrected chi connectivity index (χ4v) is 2.49. The van der Waals surface area contributed by atoms with Crippen LogP contribution in [-0.4, -0.2) is 57.5 Å². The number of tetrazole rings is 1. The van der Waals surface area contributed by atoms with Gasteiger partial charge in [-0.25, -0.2) is 0 Å². The van der Waals surface area contributed by atoms with Crippen molar-refractivity contribution < 1.29 is 4.79 Å². The van der Waals surface area contributed by atoms with Crippen LogP contribution in [0.15, 0.2) is 36.9 Å². The first kappa shape index (κ1) is 14.9. The van der Waals surface area contributed by atoms with Crippen LogP contribution in [0.3, 0.4) is 0 Å². The average Bonchev–Trinajstić information content (AvgIpc) is 3.38. The molecule has 4 aromatic heterocycles. The second-order valence-corrected chi connectivity index (χ2v) is 5.29. The summed E-state index contributed by atoms with van der Waals surface area (Å²) in [5, 5.41) is 28.6. The van der Waals surface area contributed by atoms with Gasteiger partial charge in [-0.3, -0.25) is 14.3 Å². The Hall–Kier alpha value is -3.63. The number of carbonyl (C=O) groups is 1. The Morgan fingerprint density at radius 1 is 1.28 bits per heavy atom. The van der Waals surface area contributed by atoms with E-state index < -0.39 is 0 Å². The maximum Gasteiger partial charge on any atom is 0.256 e. The Morgan fingerprint density at radius 3 is 3.12 bits per heavy atom. The van der Waals surface area contributed by atoms with Gasteiger partial charge in [-0.1, -0.05) is 6.07 Å². The minimum absolute atomic E-state index is 0.245. The number of nitrogens with one attached hydrogen (secondary N) is 2. The van der Waals surface area contributed by atoms with Crippen LogP contribution in [0, 0.1) is 0 Å². The van der Waals surface area contributed by atoms with Crippen LogP contribution < -0.4 is 5.32 Å². The molecule has 0 radical (unpaired) electrons. The van der Waals surface area contributed by atoms with Crippen LogP contribution in [-0.2, 0) is 6.42 Å². The van der Waals surface area contributed by atoms with Crippen molar-refractivity contribution in [3.63, 3.8) is 0 Å². The third-order valence-electron chi connectivity index (χ3n) is 3.69. The van der Waals surface area contributed by atoms with E-state index in [0.717, 1.165) is 17.9 Å². The lowest BCUT2D eigenvalue weighted by atomic mass is 10.2. The number of aryl methyl sites for hydroxylation is 1. The number of aromatic nitrogens is 9. The minimum atomic E-state index is -0.245. The van der Waals surface area contributed by atoms with Crippen LogP contribution >= 0.6 is 0 Å². The van der Waals surface area contributed by atoms with Crippen LogP contribution in [0.2, 0.25) is 0 Å². The molecule has 11 heteroatoms. The predicted molar refractivity (Wildman–Crippen MR) is 84.9 cm³/mol. The minimum Gasteiger partial charge on any atom is -0.352 e. The highest BCUT2D eigenvalue weighted by Crippen LogP contribution is 2.09. The Kier molecular flexibility index (Phi) is 3.86. The molecule has 1 amide bonds. The van der Waals surface area contributed by atoms with Crippen molar-refractivity contribution in [3.05, 3.63) is 48.3 Å². The van der Waals surface area contributed by atoms with E-state index in [1.54, 1.807) is 0 Å². The SMILES string of the molecule is O=C(NCCCc1nnc2ccccn12)c1cn[nH]c1-n1cnnn1. The summed E-state index contributed by atoms with van der Waals surface area (Å²) < 4.78 is 3.29. The summed E-state index contributed by atoms with van der Waals surface area (Å²) >= 11 is 0. The van der Waals surface area contributed by atoms with E-state index in [2.05, 4.69) is 41.2 Å². The lowest BCUT2D eigenvalue weighted by Gasteiger charge is -2.05. The average molecular weight is 338 g/mol. The molecule has 0 bridgehead atoms. The number of rotatable bonds is 6. The molecule has 2 N–H and O–H groups in total. The molecule has 0 aliphatic rings. The number of carbonyl (C=O) groups excluding carboxylic acids is 1. The van der Waals surface area contributed by atoms with Crippen molar-refractivity contribution in [1.29, 1.82) is 0 Å². The lowest BCUT2D eigenvalue weighted by Crippen LogP contribution is -2.25. The molecule has 0 aliphatic heterocycles. The Balaban J connectivity index is 1.35. The van der Waals surface area contributed by atoms with Crippen LogP contribution in [0.1, 0.15) is 22.6 Å². The Bertz CT molecular complexity index is 986. The van der Waals surface area contributed by atoms with E-state index in [0.29, 0.717) is 24.3 Å². The van der Waals surface area contributed by atoms with Gasteiger partial charge in [0.2, 0.25) is 0 Å². The van der Waals surface area contributed by atoms with Crippen molar-refractivity contribution in [1.82, 2.24) is 50.3 Å². The molecule has 4 heterocycles. The molecule has 0 saturated heterocycles. The highest BCUT2D eigenvalue weighted by atomic mass is 16.1. The number of nitrogens with zero attached hydrogens (tertiary/aromatic N) is 8. The van der Waals surface area contributed by atoms with Gasteiger partial charge in [0.05, 0.1) is 6.20 Å². The predicted octanol–water partition coefficient (Wildman–Crippen LogP) is -0.209. The summed E-state index contributed by atoms with van der Waals surface area (Å²) in [7, 11) is 0. The normalized spacial score (nSPS) is 11.0. The number of pyridine rings is 1. The van der Waals surface area contributed by atoms with Gasteiger partial charge >= 0.3 is 0 Å². The van der Waals surface area contributed by atoms with Crippen molar-refractivity contribution in [2.24, 2.45) is 0 Å². The molecule has 0 aliphatic carbocycles. The summed E-state index contributed by atoms with van der Waals surface area (Å²) in [5.41, 5.74) is 1.19. The summed E-state index contributed by atoms with van der Waals surface area (Å²) in [5.74, 6) is 1.04. The largest absolute Gasteiger partial charge is 0.352 e. The number of H-pyrrole nitrogens is 1. The molecular weight excluding hydrogens is 324 g/mol. The number of fused-ring (bicyclic) bond motifs is 1. The van der Waals surface area contributed by atoms with Gasteiger partial charge < -0.3 is 5.32 Å². The molecule has 4 aromatic rings. The number of aromatic amines is 1. The molecule has 0 saturated carbocycles. The zero-order valence-electron chi connectivity index (χ0n) is 13.1. The monoisotopic (exact) mass is 338 g/mol. The molecule has 126 valence electrons. The topological polar surface area (TPSA) is 132 Å². The Morgan fingerprint density at radius 2 is 2.24 bits per heavy atom. The summed E-state index contributed by atoms with van der Waals surface area (Å²) in [6, 6.07) is 5.75. The third kappa shape index (κ3) is 2.94. The second kappa shape index (κ2) is 6.47. The molecule has 11 nitrogen and oxygen atoms in total. The standard InChI is InChI=1S/C14H14N10O/c25-14(10-8-16-20-13(10)24-9-17-21-22-24)15-6-3-5-12-19-18-11-4-1-2-7-23(11)12/h1-2,4,7-9H,3,5-6H2,(H,15,25)(H,16,20). The first-order valence-electron chi connectivity index (χ1n) is 7.66. The van der Waals surface area contributed by atoms with Gasteiger partial charge in [-0.15, -0.1) is 15.3 Å². The fourth-order valence-electron chi connectivity index (χ4n) is 2.49. The molecule has 0 atom stereocenters. The molecule has 4 rings (SSSR count). The van der Waals surface area contributed by atoms with Crippen LogP contribution in [0.5, 0.6) is 0 Å². The highest BCUT2D eigenvalue weighted by molar-refractivity contribution is 5.96. The number of amides is 1. The lowest BCUT2D eigenvalue weighted by molar-refractivity contribution is 0.0953. The molecular formula is C14H14N10O.